The number of amides is 3. The number of pyridine rings is 1. The fraction of sp³-hybridized carbons (Fsp3) is 0.548. The van der Waals surface area contributed by atoms with Crippen molar-refractivity contribution in [2.45, 2.75) is 70.9 Å². The first kappa shape index (κ1) is 26.7. The molecule has 1 spiro atoms. The zero-order valence-electron chi connectivity index (χ0n) is 23.7. The van der Waals surface area contributed by atoms with Gasteiger partial charge in [-0.3, -0.25) is 14.9 Å². The van der Waals surface area contributed by atoms with Crippen LogP contribution in [0.1, 0.15) is 64.5 Å². The van der Waals surface area contributed by atoms with Crippen molar-refractivity contribution in [3.05, 3.63) is 42.1 Å². The third kappa shape index (κ3) is 5.07. The maximum absolute atomic E-state index is 12.8. The number of para-hydroxylation sites is 1. The predicted molar refractivity (Wildman–Crippen MR) is 153 cm³/mol. The van der Waals surface area contributed by atoms with E-state index in [1.165, 1.54) is 5.56 Å². The van der Waals surface area contributed by atoms with E-state index in [0.717, 1.165) is 80.3 Å². The lowest BCUT2D eigenvalue weighted by molar-refractivity contribution is -0.135. The van der Waals surface area contributed by atoms with Gasteiger partial charge in [0.15, 0.2) is 0 Å². The first-order valence-corrected chi connectivity index (χ1v) is 14.5. The lowest BCUT2D eigenvalue weighted by Gasteiger charge is -2.54. The number of benzene rings is 1. The van der Waals surface area contributed by atoms with E-state index < -0.39 is 11.6 Å². The van der Waals surface area contributed by atoms with Gasteiger partial charge in [0.1, 0.15) is 17.3 Å². The van der Waals surface area contributed by atoms with Crippen LogP contribution < -0.4 is 5.32 Å². The number of fused-ring (bicyclic) bond motifs is 3. The molecule has 3 aliphatic heterocycles. The first-order valence-electron chi connectivity index (χ1n) is 14.5. The minimum atomic E-state index is -0.459. The number of piperidine rings is 2. The van der Waals surface area contributed by atoms with E-state index in [0.29, 0.717) is 18.3 Å². The lowest BCUT2D eigenvalue weighted by Crippen LogP contribution is -2.61. The Hall–Kier alpha value is -3.46. The number of nitrogens with zero attached hydrogens (tertiary/aromatic N) is 4. The van der Waals surface area contributed by atoms with Crippen molar-refractivity contribution in [1.82, 2.24) is 24.7 Å². The summed E-state index contributed by atoms with van der Waals surface area (Å²) in [6.45, 7) is 10.5. The largest absolute Gasteiger partial charge is 0.444 e. The molecule has 5 heterocycles. The van der Waals surface area contributed by atoms with Gasteiger partial charge < -0.3 is 19.1 Å². The second-order valence-corrected chi connectivity index (χ2v) is 12.8. The van der Waals surface area contributed by atoms with Crippen molar-refractivity contribution in [3.8, 4) is 0 Å². The highest BCUT2D eigenvalue weighted by Gasteiger charge is 2.45. The highest BCUT2D eigenvalue weighted by Crippen LogP contribution is 2.41. The Kier molecular flexibility index (Phi) is 6.81. The monoisotopic (exact) mass is 545 g/mol. The number of imide groups is 1. The molecule has 40 heavy (non-hydrogen) atoms. The molecule has 1 unspecified atom stereocenters. The van der Waals surface area contributed by atoms with E-state index in [2.05, 4.69) is 22.3 Å². The molecule has 1 aromatic carbocycles. The SMILES string of the molecule is CC(C)(C)OC(=O)N1CCC2(CC1)CN(CCCc1ccnc3c1c1ccccc1n3C1CCC(=O)NC1=O)C2. The van der Waals surface area contributed by atoms with Crippen molar-refractivity contribution < 1.29 is 19.1 Å². The number of nitrogens with one attached hydrogen (secondary N) is 1. The summed E-state index contributed by atoms with van der Waals surface area (Å²) < 4.78 is 7.58. The molecule has 0 radical (unpaired) electrons. The molecule has 0 aliphatic carbocycles. The maximum atomic E-state index is 12.8. The molecule has 3 amide bonds. The molecule has 3 aliphatic rings. The van der Waals surface area contributed by atoms with Crippen molar-refractivity contribution in [2.24, 2.45) is 5.41 Å². The molecule has 9 nitrogen and oxygen atoms in total. The molecule has 2 aromatic heterocycles. The topological polar surface area (TPSA) is 96.8 Å². The van der Waals surface area contributed by atoms with Crippen LogP contribution in [0.15, 0.2) is 36.5 Å². The molecule has 1 atom stereocenters. The van der Waals surface area contributed by atoms with Crippen LogP contribution in [-0.2, 0) is 20.7 Å². The van der Waals surface area contributed by atoms with Crippen LogP contribution in [0.3, 0.4) is 0 Å². The van der Waals surface area contributed by atoms with E-state index in [-0.39, 0.29) is 17.9 Å². The van der Waals surface area contributed by atoms with Crippen LogP contribution in [0, 0.1) is 5.41 Å². The molecule has 1 N–H and O–H groups in total. The van der Waals surface area contributed by atoms with Gasteiger partial charge >= 0.3 is 6.09 Å². The summed E-state index contributed by atoms with van der Waals surface area (Å²) in [4.78, 5) is 46.1. The molecule has 9 heteroatoms. The second kappa shape index (κ2) is 10.2. The highest BCUT2D eigenvalue weighted by molar-refractivity contribution is 6.10. The number of hydrogen-bond acceptors (Lipinski definition) is 6. The molecular weight excluding hydrogens is 506 g/mol. The Labute approximate surface area is 234 Å². The van der Waals surface area contributed by atoms with Crippen LogP contribution >= 0.6 is 0 Å². The molecular formula is C31H39N5O4. The number of rotatable bonds is 5. The van der Waals surface area contributed by atoms with Gasteiger partial charge in [0, 0.05) is 49.6 Å². The molecule has 3 aromatic rings. The maximum Gasteiger partial charge on any atom is 0.410 e. The van der Waals surface area contributed by atoms with Gasteiger partial charge in [0.05, 0.1) is 5.52 Å². The Bertz CT molecular complexity index is 1460. The van der Waals surface area contributed by atoms with Crippen LogP contribution in [0.2, 0.25) is 0 Å². The third-order valence-electron chi connectivity index (χ3n) is 8.71. The minimum Gasteiger partial charge on any atom is -0.444 e. The second-order valence-electron chi connectivity index (χ2n) is 12.8. The van der Waals surface area contributed by atoms with E-state index in [1.807, 2.05) is 54.6 Å². The van der Waals surface area contributed by atoms with Crippen LogP contribution in [0.5, 0.6) is 0 Å². The highest BCUT2D eigenvalue weighted by atomic mass is 16.6. The average molecular weight is 546 g/mol. The number of carbonyl (C=O) groups excluding carboxylic acids is 3. The Morgan fingerprint density at radius 1 is 1.12 bits per heavy atom. The molecule has 0 bridgehead atoms. The Morgan fingerprint density at radius 2 is 1.88 bits per heavy atom. The standard InChI is InChI=1S/C31H39N5O4/c1-30(2,3)40-29(39)35-17-13-31(14-18-35)19-34(20-31)16-6-7-21-12-15-32-27-26(21)22-8-4-5-9-23(22)36(27)24-10-11-25(37)33-28(24)38/h4-5,8-9,12,15,24H,6-7,10-11,13-14,16-20H2,1-3H3,(H,33,37,38). The van der Waals surface area contributed by atoms with Gasteiger partial charge in [-0.25, -0.2) is 9.78 Å². The fourth-order valence-corrected chi connectivity index (χ4v) is 6.79. The smallest absolute Gasteiger partial charge is 0.410 e. The molecule has 3 fully saturated rings. The summed E-state index contributed by atoms with van der Waals surface area (Å²) in [7, 11) is 0. The van der Waals surface area contributed by atoms with Crippen LogP contribution in [0.4, 0.5) is 4.79 Å². The molecule has 3 saturated heterocycles. The summed E-state index contributed by atoms with van der Waals surface area (Å²) >= 11 is 0. The van der Waals surface area contributed by atoms with Crippen molar-refractivity contribution in [2.75, 3.05) is 32.7 Å². The Morgan fingerprint density at radius 3 is 2.60 bits per heavy atom. The number of hydrogen-bond donors (Lipinski definition) is 1. The van der Waals surface area contributed by atoms with E-state index >= 15 is 0 Å². The van der Waals surface area contributed by atoms with Crippen molar-refractivity contribution in [3.63, 3.8) is 0 Å². The third-order valence-corrected chi connectivity index (χ3v) is 8.71. The number of likely N-dealkylation sites (tertiary alicyclic amines) is 2. The van der Waals surface area contributed by atoms with Gasteiger partial charge in [0.2, 0.25) is 11.8 Å². The van der Waals surface area contributed by atoms with Crippen molar-refractivity contribution in [1.29, 1.82) is 0 Å². The lowest BCUT2D eigenvalue weighted by atomic mass is 9.72. The van der Waals surface area contributed by atoms with Gasteiger partial charge in [-0.2, -0.15) is 0 Å². The zero-order valence-corrected chi connectivity index (χ0v) is 23.7. The van der Waals surface area contributed by atoms with Gasteiger partial charge in [-0.1, -0.05) is 18.2 Å². The quantitative estimate of drug-likeness (QED) is 0.477. The van der Waals surface area contributed by atoms with Gasteiger partial charge in [-0.05, 0) is 82.5 Å². The number of ether oxygens (including phenoxy) is 1. The van der Waals surface area contributed by atoms with Crippen LogP contribution in [-0.4, -0.2) is 75.6 Å². The zero-order chi connectivity index (χ0) is 28.1. The fourth-order valence-electron chi connectivity index (χ4n) is 6.79. The van der Waals surface area contributed by atoms with Crippen molar-refractivity contribution >= 4 is 39.8 Å². The summed E-state index contributed by atoms with van der Waals surface area (Å²) in [5.41, 5.74) is 2.91. The van der Waals surface area contributed by atoms with Gasteiger partial charge in [0.25, 0.3) is 0 Å². The molecule has 212 valence electrons. The van der Waals surface area contributed by atoms with E-state index in [4.69, 9.17) is 9.72 Å². The van der Waals surface area contributed by atoms with Gasteiger partial charge in [-0.15, -0.1) is 0 Å². The average Bonchev–Trinajstić information content (AvgIpc) is 3.22. The normalized spacial score (nSPS) is 21.6. The first-order chi connectivity index (χ1) is 19.1. The molecule has 0 saturated carbocycles. The number of carbonyl (C=O) groups is 3. The summed E-state index contributed by atoms with van der Waals surface area (Å²) in [6, 6.07) is 9.82. The molecule has 6 rings (SSSR count). The predicted octanol–water partition coefficient (Wildman–Crippen LogP) is 4.43. The van der Waals surface area contributed by atoms with Crippen LogP contribution in [0.25, 0.3) is 21.9 Å². The number of aryl methyl sites for hydroxylation is 1. The van der Waals surface area contributed by atoms with E-state index in [9.17, 15) is 14.4 Å². The Balaban J connectivity index is 1.10. The number of aromatic nitrogens is 2. The summed E-state index contributed by atoms with van der Waals surface area (Å²) in [5.74, 6) is -0.466. The van der Waals surface area contributed by atoms with E-state index in [1.54, 1.807) is 0 Å². The minimum absolute atomic E-state index is 0.193. The summed E-state index contributed by atoms with van der Waals surface area (Å²) in [5, 5.41) is 4.72. The summed E-state index contributed by atoms with van der Waals surface area (Å²) in [6.07, 6.45) is 6.50.